The minimum absolute atomic E-state index is 0.00810. The van der Waals surface area contributed by atoms with Crippen LogP contribution in [-0.2, 0) is 9.59 Å². The highest BCUT2D eigenvalue weighted by molar-refractivity contribution is 5.94. The number of rotatable bonds is 1. The first-order valence-electron chi connectivity index (χ1n) is 3.99. The van der Waals surface area contributed by atoms with Gasteiger partial charge in [0.25, 0.3) is 0 Å². The fraction of sp³-hybridized carbons (Fsp3) is 0.714. The molecule has 5 heteroatoms. The number of β-lactam (4-membered cyclic amide) rings is 1. The molecule has 2 heterocycles. The van der Waals surface area contributed by atoms with E-state index in [0.717, 1.165) is 0 Å². The molecule has 2 saturated heterocycles. The van der Waals surface area contributed by atoms with Crippen LogP contribution in [0.1, 0.15) is 12.8 Å². The van der Waals surface area contributed by atoms with Crippen LogP contribution < -0.4 is 16.4 Å². The molecule has 2 unspecified atom stereocenters. The molecule has 0 saturated carbocycles. The van der Waals surface area contributed by atoms with Crippen LogP contribution in [0.5, 0.6) is 0 Å². The van der Waals surface area contributed by atoms with Gasteiger partial charge in [-0.15, -0.1) is 0 Å². The molecular formula is C7H11N3O2. The summed E-state index contributed by atoms with van der Waals surface area (Å²) in [6, 6.07) is -0.323. The lowest BCUT2D eigenvalue weighted by Crippen LogP contribution is -2.71. The molecule has 2 fully saturated rings. The van der Waals surface area contributed by atoms with E-state index in [1.165, 1.54) is 0 Å². The van der Waals surface area contributed by atoms with Gasteiger partial charge in [-0.1, -0.05) is 0 Å². The first-order chi connectivity index (χ1) is 5.64. The van der Waals surface area contributed by atoms with Crippen LogP contribution in [0.4, 0.5) is 0 Å². The zero-order valence-electron chi connectivity index (χ0n) is 6.59. The zero-order valence-corrected chi connectivity index (χ0v) is 6.59. The summed E-state index contributed by atoms with van der Waals surface area (Å²) in [5.74, 6) is -0.377. The summed E-state index contributed by atoms with van der Waals surface area (Å²) in [4.78, 5) is 21.9. The average Bonchev–Trinajstić information content (AvgIpc) is 2.48. The summed E-state index contributed by atoms with van der Waals surface area (Å²) in [5, 5.41) is 5.61. The van der Waals surface area contributed by atoms with Gasteiger partial charge in [0.05, 0.1) is 6.04 Å². The van der Waals surface area contributed by atoms with E-state index in [9.17, 15) is 9.59 Å². The number of hydrogen-bond donors (Lipinski definition) is 3. The first-order valence-corrected chi connectivity index (χ1v) is 3.99. The summed E-state index contributed by atoms with van der Waals surface area (Å²) in [6.45, 7) is 0.621. The highest BCUT2D eigenvalue weighted by atomic mass is 16.2. The number of amides is 2. The predicted molar refractivity (Wildman–Crippen MR) is 41.1 cm³/mol. The molecule has 0 aromatic carbocycles. The van der Waals surface area contributed by atoms with E-state index in [-0.39, 0.29) is 17.9 Å². The van der Waals surface area contributed by atoms with Crippen LogP contribution in [0.25, 0.3) is 0 Å². The van der Waals surface area contributed by atoms with Gasteiger partial charge in [-0.2, -0.15) is 0 Å². The topological polar surface area (TPSA) is 84.2 Å². The molecule has 0 radical (unpaired) electrons. The van der Waals surface area contributed by atoms with Crippen molar-refractivity contribution in [2.75, 3.05) is 6.54 Å². The van der Waals surface area contributed by atoms with Gasteiger partial charge >= 0.3 is 0 Å². The largest absolute Gasteiger partial charge is 0.368 e. The molecule has 0 aromatic heterocycles. The molecule has 2 atom stereocenters. The number of primary amides is 1. The summed E-state index contributed by atoms with van der Waals surface area (Å²) in [7, 11) is 0. The van der Waals surface area contributed by atoms with E-state index in [2.05, 4.69) is 10.6 Å². The normalized spacial score (nSPS) is 39.3. The predicted octanol–water partition coefficient (Wildman–Crippen LogP) is -1.91. The van der Waals surface area contributed by atoms with Crippen molar-refractivity contribution in [3.8, 4) is 0 Å². The molecular weight excluding hydrogens is 158 g/mol. The van der Waals surface area contributed by atoms with E-state index in [1.54, 1.807) is 0 Å². The van der Waals surface area contributed by atoms with E-state index < -0.39 is 5.54 Å². The first kappa shape index (κ1) is 7.54. The molecule has 2 amide bonds. The third-order valence-electron chi connectivity index (χ3n) is 2.64. The van der Waals surface area contributed by atoms with Crippen molar-refractivity contribution in [1.82, 2.24) is 10.6 Å². The molecule has 12 heavy (non-hydrogen) atoms. The maximum atomic E-state index is 11.1. The second kappa shape index (κ2) is 2.20. The van der Waals surface area contributed by atoms with E-state index in [4.69, 9.17) is 5.73 Å². The second-order valence-corrected chi connectivity index (χ2v) is 3.40. The van der Waals surface area contributed by atoms with Gasteiger partial charge in [0, 0.05) is 6.54 Å². The number of carbonyl (C=O) groups excluding carboxylic acids is 2. The van der Waals surface area contributed by atoms with Gasteiger partial charge in [-0.3, -0.25) is 14.9 Å². The molecule has 66 valence electrons. The van der Waals surface area contributed by atoms with Crippen LogP contribution in [0.3, 0.4) is 0 Å². The highest BCUT2D eigenvalue weighted by Gasteiger charge is 2.51. The van der Waals surface area contributed by atoms with Crippen molar-refractivity contribution in [2.45, 2.75) is 24.4 Å². The summed E-state index contributed by atoms with van der Waals surface area (Å²) in [6.07, 6.45) is 1.38. The Bertz CT molecular complexity index is 253. The molecule has 1 spiro atoms. The Morgan fingerprint density at radius 1 is 1.67 bits per heavy atom. The van der Waals surface area contributed by atoms with E-state index in [0.29, 0.717) is 19.4 Å². The van der Waals surface area contributed by atoms with Crippen molar-refractivity contribution >= 4 is 11.8 Å². The van der Waals surface area contributed by atoms with Crippen LogP contribution in [0, 0.1) is 0 Å². The van der Waals surface area contributed by atoms with Crippen LogP contribution >= 0.6 is 0 Å². The third kappa shape index (κ3) is 0.828. The maximum absolute atomic E-state index is 11.1. The minimum atomic E-state index is -0.473. The Hall–Kier alpha value is -1.10. The molecule has 4 N–H and O–H groups in total. The lowest BCUT2D eigenvalue weighted by Gasteiger charge is -2.37. The van der Waals surface area contributed by atoms with Crippen molar-refractivity contribution in [1.29, 1.82) is 0 Å². The summed E-state index contributed by atoms with van der Waals surface area (Å²) >= 11 is 0. The van der Waals surface area contributed by atoms with Gasteiger partial charge in [0.15, 0.2) is 0 Å². The van der Waals surface area contributed by atoms with Crippen LogP contribution in [0.2, 0.25) is 0 Å². The number of carbonyl (C=O) groups is 2. The van der Waals surface area contributed by atoms with Crippen molar-refractivity contribution < 1.29 is 9.59 Å². The number of nitrogens with one attached hydrogen (secondary N) is 2. The lowest BCUT2D eigenvalue weighted by atomic mass is 9.90. The summed E-state index contributed by atoms with van der Waals surface area (Å²) < 4.78 is 0. The molecule has 0 aliphatic carbocycles. The molecule has 2 aliphatic rings. The highest BCUT2D eigenvalue weighted by Crippen LogP contribution is 2.27. The minimum Gasteiger partial charge on any atom is -0.368 e. The standard InChI is InChI=1S/C7H11N3O2/c8-5(11)4-1-2-7(10-4)3-9-6(7)12/h4,10H,1-3H2,(H2,8,11)(H,9,12). The lowest BCUT2D eigenvalue weighted by molar-refractivity contribution is -0.134. The Labute approximate surface area is 69.7 Å². The Kier molecular flexibility index (Phi) is 1.38. The van der Waals surface area contributed by atoms with Crippen LogP contribution in [-0.4, -0.2) is 29.9 Å². The van der Waals surface area contributed by atoms with Crippen molar-refractivity contribution in [3.05, 3.63) is 0 Å². The fourth-order valence-corrected chi connectivity index (χ4v) is 1.77. The maximum Gasteiger partial charge on any atom is 0.242 e. The SMILES string of the molecule is NC(=O)C1CCC2(CNC2=O)N1. The number of nitrogens with two attached hydrogens (primary N) is 1. The second-order valence-electron chi connectivity index (χ2n) is 3.40. The van der Waals surface area contributed by atoms with Gasteiger partial charge in [-0.05, 0) is 12.8 Å². The molecule has 0 bridgehead atoms. The van der Waals surface area contributed by atoms with Crippen LogP contribution in [0.15, 0.2) is 0 Å². The third-order valence-corrected chi connectivity index (χ3v) is 2.64. The fourth-order valence-electron chi connectivity index (χ4n) is 1.77. The monoisotopic (exact) mass is 169 g/mol. The molecule has 0 aromatic rings. The van der Waals surface area contributed by atoms with Crippen molar-refractivity contribution in [3.63, 3.8) is 0 Å². The average molecular weight is 169 g/mol. The Morgan fingerprint density at radius 2 is 2.42 bits per heavy atom. The molecule has 2 rings (SSSR count). The van der Waals surface area contributed by atoms with E-state index >= 15 is 0 Å². The zero-order chi connectivity index (χ0) is 8.77. The van der Waals surface area contributed by atoms with Crippen molar-refractivity contribution in [2.24, 2.45) is 5.73 Å². The van der Waals surface area contributed by atoms with Gasteiger partial charge in [-0.25, -0.2) is 0 Å². The Balaban J connectivity index is 2.07. The van der Waals surface area contributed by atoms with Gasteiger partial charge in [0.1, 0.15) is 5.54 Å². The number of hydrogen-bond acceptors (Lipinski definition) is 3. The quantitative estimate of drug-likeness (QED) is 0.400. The van der Waals surface area contributed by atoms with E-state index in [1.807, 2.05) is 0 Å². The smallest absolute Gasteiger partial charge is 0.242 e. The summed E-state index contributed by atoms with van der Waals surface area (Å²) in [5.41, 5.74) is 4.64. The molecule has 5 nitrogen and oxygen atoms in total. The van der Waals surface area contributed by atoms with Gasteiger partial charge < -0.3 is 11.1 Å². The van der Waals surface area contributed by atoms with Gasteiger partial charge in [0.2, 0.25) is 11.8 Å². The molecule has 2 aliphatic heterocycles. The Morgan fingerprint density at radius 3 is 2.67 bits per heavy atom.